The summed E-state index contributed by atoms with van der Waals surface area (Å²) in [6.45, 7) is 9.14. The summed E-state index contributed by atoms with van der Waals surface area (Å²) in [5, 5.41) is 2.88. The molecule has 1 aromatic rings. The average Bonchev–Trinajstić information content (AvgIpc) is 2.69. The van der Waals surface area contributed by atoms with E-state index >= 15 is 0 Å². The molecule has 28 heavy (non-hydrogen) atoms. The topological polar surface area (TPSA) is 80.1 Å². The number of anilines is 1. The highest BCUT2D eigenvalue weighted by Crippen LogP contribution is 2.13. The summed E-state index contributed by atoms with van der Waals surface area (Å²) in [5.41, 5.74) is 1.18. The minimum Gasteiger partial charge on any atom is -0.466 e. The van der Waals surface area contributed by atoms with Gasteiger partial charge in [-0.3, -0.25) is 14.4 Å². The summed E-state index contributed by atoms with van der Waals surface area (Å²) in [6.07, 6.45) is 1.72. The zero-order chi connectivity index (χ0) is 20.5. The van der Waals surface area contributed by atoms with Gasteiger partial charge in [-0.25, -0.2) is 0 Å². The minimum atomic E-state index is -0.164. The molecule has 0 saturated carbocycles. The first-order valence-electron chi connectivity index (χ1n) is 10.2. The molecule has 1 unspecified atom stereocenters. The predicted molar refractivity (Wildman–Crippen MR) is 107 cm³/mol. The van der Waals surface area contributed by atoms with Gasteiger partial charge in [0, 0.05) is 24.3 Å². The summed E-state index contributed by atoms with van der Waals surface area (Å²) in [7, 11) is 0. The molecule has 1 heterocycles. The van der Waals surface area contributed by atoms with Crippen molar-refractivity contribution in [3.63, 3.8) is 0 Å². The van der Waals surface area contributed by atoms with Crippen LogP contribution in [0.3, 0.4) is 0 Å². The second-order valence-electron chi connectivity index (χ2n) is 7.08. The Bertz CT molecular complexity index is 688. The van der Waals surface area contributed by atoms with Gasteiger partial charge in [-0.1, -0.05) is 6.07 Å². The van der Waals surface area contributed by atoms with Crippen LogP contribution < -0.4 is 10.2 Å². The van der Waals surface area contributed by atoms with Gasteiger partial charge in [-0.05, 0) is 51.8 Å². The smallest absolute Gasteiger partial charge is 0.314 e. The molecule has 0 radical (unpaired) electrons. The third-order valence-electron chi connectivity index (χ3n) is 5.09. The van der Waals surface area contributed by atoms with Crippen molar-refractivity contribution in [2.24, 2.45) is 5.92 Å². The first-order chi connectivity index (χ1) is 13.5. The van der Waals surface area contributed by atoms with Gasteiger partial charge >= 0.3 is 5.97 Å². The number of nitrogens with zero attached hydrogens (tertiary/aromatic N) is 1. The maximum Gasteiger partial charge on any atom is 0.314 e. The lowest BCUT2D eigenvalue weighted by Gasteiger charge is -2.28. The molecular formula is C21H32N3O4+. The third kappa shape index (κ3) is 6.05. The van der Waals surface area contributed by atoms with E-state index in [4.69, 9.17) is 4.74 Å². The summed E-state index contributed by atoms with van der Waals surface area (Å²) < 4.78 is 5.11. The highest BCUT2D eigenvalue weighted by atomic mass is 16.5. The molecule has 2 amide bonds. The average molecular weight is 391 g/mol. The van der Waals surface area contributed by atoms with E-state index < -0.39 is 0 Å². The SMILES string of the molecule is CCOC(=O)[C@H]1CCC[NH+](CC(=O)Nc2cccc(C(=O)N(CC)CC)c2)C1. The standard InChI is InChI=1S/C21H31N3O4/c1-4-24(5-2)20(26)16-9-7-11-18(13-16)22-19(25)15-23-12-8-10-17(14-23)21(27)28-6-3/h7,9,11,13,17H,4-6,8,10,12,14-15H2,1-3H3,(H,22,25)/p+1/t17-/m0/s1. The molecule has 1 aliphatic rings. The Morgan fingerprint density at radius 1 is 1.21 bits per heavy atom. The number of carbonyl (C=O) groups excluding carboxylic acids is 3. The number of esters is 1. The number of hydrogen-bond acceptors (Lipinski definition) is 4. The number of piperidine rings is 1. The van der Waals surface area contributed by atoms with E-state index in [0.717, 1.165) is 24.3 Å². The quantitative estimate of drug-likeness (QED) is 0.648. The van der Waals surface area contributed by atoms with Crippen molar-refractivity contribution < 1.29 is 24.0 Å². The number of likely N-dealkylation sites (tertiary alicyclic amines) is 1. The first-order valence-corrected chi connectivity index (χ1v) is 10.2. The highest BCUT2D eigenvalue weighted by molar-refractivity contribution is 5.97. The summed E-state index contributed by atoms with van der Waals surface area (Å²) in [4.78, 5) is 39.7. The van der Waals surface area contributed by atoms with Crippen LogP contribution in [0.2, 0.25) is 0 Å². The van der Waals surface area contributed by atoms with Crippen molar-refractivity contribution in [2.75, 3.05) is 44.6 Å². The summed E-state index contributed by atoms with van der Waals surface area (Å²) >= 11 is 0. The van der Waals surface area contributed by atoms with Gasteiger partial charge in [0.05, 0.1) is 19.7 Å². The van der Waals surface area contributed by atoms with Crippen molar-refractivity contribution in [1.29, 1.82) is 0 Å². The molecule has 1 aromatic carbocycles. The zero-order valence-electron chi connectivity index (χ0n) is 17.1. The monoisotopic (exact) mass is 390 g/mol. The van der Waals surface area contributed by atoms with Crippen LogP contribution in [0.4, 0.5) is 5.69 Å². The van der Waals surface area contributed by atoms with E-state index in [0.29, 0.717) is 44.0 Å². The molecule has 2 atom stereocenters. The van der Waals surface area contributed by atoms with Crippen LogP contribution in [0.25, 0.3) is 0 Å². The molecule has 2 N–H and O–H groups in total. The number of hydrogen-bond donors (Lipinski definition) is 2. The Hall–Kier alpha value is -2.41. The lowest BCUT2D eigenvalue weighted by Crippen LogP contribution is -3.14. The molecule has 0 aliphatic carbocycles. The Morgan fingerprint density at radius 3 is 2.64 bits per heavy atom. The fraction of sp³-hybridized carbons (Fsp3) is 0.571. The summed E-state index contributed by atoms with van der Waals surface area (Å²) in [6, 6.07) is 7.03. The van der Waals surface area contributed by atoms with Crippen LogP contribution in [-0.4, -0.2) is 62.0 Å². The van der Waals surface area contributed by atoms with Gasteiger partial charge in [0.15, 0.2) is 6.54 Å². The summed E-state index contributed by atoms with van der Waals surface area (Å²) in [5.74, 6) is -0.457. The van der Waals surface area contributed by atoms with Crippen molar-refractivity contribution in [1.82, 2.24) is 4.90 Å². The molecule has 0 aromatic heterocycles. The maximum absolute atomic E-state index is 12.5. The van der Waals surface area contributed by atoms with Crippen molar-refractivity contribution in [3.8, 4) is 0 Å². The highest BCUT2D eigenvalue weighted by Gasteiger charge is 2.30. The normalized spacial score (nSPS) is 19.0. The Morgan fingerprint density at radius 2 is 1.96 bits per heavy atom. The minimum absolute atomic E-state index is 0.0416. The predicted octanol–water partition coefficient (Wildman–Crippen LogP) is 0.965. The molecule has 0 bridgehead atoms. The van der Waals surface area contributed by atoms with Crippen LogP contribution >= 0.6 is 0 Å². The van der Waals surface area contributed by atoms with E-state index in [1.54, 1.807) is 36.1 Å². The number of quaternary nitrogens is 1. The molecule has 7 nitrogen and oxygen atoms in total. The number of amides is 2. The molecule has 2 rings (SSSR count). The van der Waals surface area contributed by atoms with Gasteiger partial charge in [0.25, 0.3) is 11.8 Å². The fourth-order valence-corrected chi connectivity index (χ4v) is 3.63. The maximum atomic E-state index is 12.5. The Labute approximate surface area is 167 Å². The molecule has 154 valence electrons. The van der Waals surface area contributed by atoms with Crippen LogP contribution in [0.5, 0.6) is 0 Å². The van der Waals surface area contributed by atoms with Crippen LogP contribution in [-0.2, 0) is 14.3 Å². The van der Waals surface area contributed by atoms with Crippen molar-refractivity contribution >= 4 is 23.5 Å². The van der Waals surface area contributed by atoms with E-state index in [1.165, 1.54) is 0 Å². The second kappa shape index (κ2) is 10.8. The van der Waals surface area contributed by atoms with Gasteiger partial charge < -0.3 is 19.9 Å². The van der Waals surface area contributed by atoms with Crippen LogP contribution in [0.15, 0.2) is 24.3 Å². The number of ether oxygens (including phenoxy) is 1. The van der Waals surface area contributed by atoms with Crippen LogP contribution in [0, 0.1) is 5.92 Å². The Balaban J connectivity index is 1.93. The third-order valence-corrected chi connectivity index (χ3v) is 5.09. The van der Waals surface area contributed by atoms with Crippen molar-refractivity contribution in [2.45, 2.75) is 33.6 Å². The largest absolute Gasteiger partial charge is 0.466 e. The van der Waals surface area contributed by atoms with Gasteiger partial charge in [0.1, 0.15) is 5.92 Å². The lowest BCUT2D eigenvalue weighted by atomic mass is 9.98. The molecule has 1 saturated heterocycles. The number of rotatable bonds is 8. The number of carbonyl (C=O) groups is 3. The fourth-order valence-electron chi connectivity index (χ4n) is 3.63. The Kier molecular flexibility index (Phi) is 8.44. The zero-order valence-corrected chi connectivity index (χ0v) is 17.1. The van der Waals surface area contributed by atoms with Gasteiger partial charge in [0.2, 0.25) is 0 Å². The molecular weight excluding hydrogens is 358 g/mol. The van der Waals surface area contributed by atoms with Gasteiger partial charge in [-0.15, -0.1) is 0 Å². The van der Waals surface area contributed by atoms with E-state index in [2.05, 4.69) is 5.32 Å². The first kappa shape index (κ1) is 21.9. The van der Waals surface area contributed by atoms with E-state index in [9.17, 15) is 14.4 Å². The molecule has 1 aliphatic heterocycles. The number of benzene rings is 1. The number of nitrogens with one attached hydrogen (secondary N) is 2. The van der Waals surface area contributed by atoms with Crippen LogP contribution in [0.1, 0.15) is 44.0 Å². The van der Waals surface area contributed by atoms with Gasteiger partial charge in [-0.2, -0.15) is 0 Å². The van der Waals surface area contributed by atoms with E-state index in [-0.39, 0.29) is 23.7 Å². The molecule has 0 spiro atoms. The molecule has 1 fully saturated rings. The van der Waals surface area contributed by atoms with Crippen molar-refractivity contribution in [3.05, 3.63) is 29.8 Å². The molecule has 7 heteroatoms. The second-order valence-corrected chi connectivity index (χ2v) is 7.08. The van der Waals surface area contributed by atoms with E-state index in [1.807, 2.05) is 13.8 Å². The lowest BCUT2D eigenvalue weighted by molar-refractivity contribution is -0.899.